The molecular weight excluding hydrogens is 440 g/mol. The number of pyridine rings is 1. The molecule has 1 N–H and O–H groups in total. The van der Waals surface area contributed by atoms with Gasteiger partial charge < -0.3 is 15.3 Å². The van der Waals surface area contributed by atoms with E-state index in [2.05, 4.69) is 15.3 Å². The highest BCUT2D eigenvalue weighted by atomic mass is 19.4. The number of nitrogens with one attached hydrogen (secondary N) is 1. The number of benzene rings is 2. The summed E-state index contributed by atoms with van der Waals surface area (Å²) in [6, 6.07) is 11.0. The molecular formula is C23H18F4N4O2. The zero-order valence-electron chi connectivity index (χ0n) is 17.5. The van der Waals surface area contributed by atoms with E-state index in [0.29, 0.717) is 28.0 Å². The Morgan fingerprint density at radius 3 is 2.39 bits per heavy atom. The van der Waals surface area contributed by atoms with E-state index >= 15 is 0 Å². The fourth-order valence-corrected chi connectivity index (χ4v) is 3.48. The molecule has 170 valence electrons. The highest BCUT2D eigenvalue weighted by molar-refractivity contribution is 5.96. The van der Waals surface area contributed by atoms with Gasteiger partial charge in [-0.3, -0.25) is 0 Å². The average molecular weight is 458 g/mol. The first-order valence-corrected chi connectivity index (χ1v) is 9.83. The third kappa shape index (κ3) is 4.50. The lowest BCUT2D eigenvalue weighted by molar-refractivity contribution is -0.629. The second-order valence-corrected chi connectivity index (χ2v) is 7.34. The Morgan fingerprint density at radius 1 is 1.03 bits per heavy atom. The first-order valence-electron chi connectivity index (χ1n) is 9.83. The van der Waals surface area contributed by atoms with Crippen molar-refractivity contribution in [2.24, 2.45) is 0 Å². The van der Waals surface area contributed by atoms with Gasteiger partial charge in [0.05, 0.1) is 13.2 Å². The van der Waals surface area contributed by atoms with Crippen LogP contribution in [0.5, 0.6) is 5.75 Å². The van der Waals surface area contributed by atoms with Gasteiger partial charge in [0.15, 0.2) is 6.20 Å². The predicted molar refractivity (Wildman–Crippen MR) is 114 cm³/mol. The van der Waals surface area contributed by atoms with Crippen LogP contribution in [0.1, 0.15) is 24.2 Å². The van der Waals surface area contributed by atoms with E-state index in [0.717, 1.165) is 23.4 Å². The Hall–Kier alpha value is -3.95. The van der Waals surface area contributed by atoms with Crippen molar-refractivity contribution in [2.45, 2.75) is 19.1 Å². The van der Waals surface area contributed by atoms with Crippen molar-refractivity contribution in [1.82, 2.24) is 9.97 Å². The molecule has 4 rings (SSSR count). The number of aromatic nitrogens is 3. The fraction of sp³-hybridized carbons (Fsp3) is 0.174. The molecule has 2 aromatic carbocycles. The van der Waals surface area contributed by atoms with E-state index < -0.39 is 17.9 Å². The summed E-state index contributed by atoms with van der Waals surface area (Å²) < 4.78 is 57.3. The van der Waals surface area contributed by atoms with E-state index in [1.165, 1.54) is 31.6 Å². The molecule has 0 radical (unpaired) electrons. The van der Waals surface area contributed by atoms with Crippen LogP contribution in [0.15, 0.2) is 61.1 Å². The standard InChI is InChI=1S/C23H18F4N4O2/c1-13(15-5-8-20(23(25,26)27)31(32)11-15)30-22-18-9-16(14-3-6-17(24)7-4-14)10-19(33-2)21(18)28-12-29-22/h3-13H,1-2H3,(H,28,29,30)/t13-/m1/s1. The summed E-state index contributed by atoms with van der Waals surface area (Å²) in [4.78, 5) is 8.55. The maximum Gasteiger partial charge on any atom is 0.478 e. The number of ether oxygens (including phenoxy) is 1. The molecule has 6 nitrogen and oxygen atoms in total. The van der Waals surface area contributed by atoms with E-state index in [4.69, 9.17) is 4.74 Å². The van der Waals surface area contributed by atoms with Crippen LogP contribution in [0, 0.1) is 11.0 Å². The number of halogens is 4. The number of methoxy groups -OCH3 is 1. The summed E-state index contributed by atoms with van der Waals surface area (Å²) in [5.74, 6) is 0.502. The van der Waals surface area contributed by atoms with Crippen molar-refractivity contribution >= 4 is 16.7 Å². The van der Waals surface area contributed by atoms with Gasteiger partial charge in [0.1, 0.15) is 29.2 Å². The van der Waals surface area contributed by atoms with Crippen LogP contribution < -0.4 is 14.8 Å². The first kappa shape index (κ1) is 22.3. The molecule has 4 aromatic rings. The summed E-state index contributed by atoms with van der Waals surface area (Å²) in [6.07, 6.45) is -2.53. The first-order chi connectivity index (χ1) is 15.7. The minimum Gasteiger partial charge on any atom is -0.618 e. The number of hydrogen-bond acceptors (Lipinski definition) is 5. The third-order valence-corrected chi connectivity index (χ3v) is 5.18. The largest absolute Gasteiger partial charge is 0.618 e. The maximum atomic E-state index is 13.3. The summed E-state index contributed by atoms with van der Waals surface area (Å²) in [5.41, 5.74) is 1.04. The highest BCUT2D eigenvalue weighted by Gasteiger charge is 2.39. The second-order valence-electron chi connectivity index (χ2n) is 7.34. The molecule has 33 heavy (non-hydrogen) atoms. The van der Waals surface area contributed by atoms with E-state index in [9.17, 15) is 22.8 Å². The zero-order valence-corrected chi connectivity index (χ0v) is 17.5. The lowest BCUT2D eigenvalue weighted by Crippen LogP contribution is -2.37. The Kier molecular flexibility index (Phi) is 5.75. The minimum atomic E-state index is -4.74. The lowest BCUT2D eigenvalue weighted by atomic mass is 10.0. The zero-order chi connectivity index (χ0) is 23.8. The van der Waals surface area contributed by atoms with Crippen LogP contribution in [0.3, 0.4) is 0 Å². The third-order valence-electron chi connectivity index (χ3n) is 5.18. The fourth-order valence-electron chi connectivity index (χ4n) is 3.48. The van der Waals surface area contributed by atoms with Crippen molar-refractivity contribution in [3.8, 4) is 16.9 Å². The van der Waals surface area contributed by atoms with Gasteiger partial charge >= 0.3 is 6.18 Å². The van der Waals surface area contributed by atoms with Crippen LogP contribution in [0.2, 0.25) is 0 Å². The average Bonchev–Trinajstić information content (AvgIpc) is 2.78. The molecule has 0 unspecified atom stereocenters. The summed E-state index contributed by atoms with van der Waals surface area (Å²) in [7, 11) is 1.50. The normalized spacial score (nSPS) is 12.5. The predicted octanol–water partition coefficient (Wildman–Crippen LogP) is 5.27. The summed E-state index contributed by atoms with van der Waals surface area (Å²) in [6.45, 7) is 1.69. The Balaban J connectivity index is 1.74. The van der Waals surface area contributed by atoms with Crippen LogP contribution in [0.25, 0.3) is 22.0 Å². The molecule has 0 spiro atoms. The molecule has 10 heteroatoms. The number of fused-ring (bicyclic) bond motifs is 1. The summed E-state index contributed by atoms with van der Waals surface area (Å²) >= 11 is 0. The Bertz CT molecular complexity index is 1310. The number of hydrogen-bond donors (Lipinski definition) is 1. The van der Waals surface area contributed by atoms with Crippen molar-refractivity contribution in [1.29, 1.82) is 0 Å². The number of anilines is 1. The molecule has 0 bridgehead atoms. The molecule has 2 heterocycles. The highest BCUT2D eigenvalue weighted by Crippen LogP contribution is 2.35. The van der Waals surface area contributed by atoms with E-state index in [1.807, 2.05) is 0 Å². The van der Waals surface area contributed by atoms with Crippen LogP contribution in [-0.2, 0) is 6.18 Å². The molecule has 0 aliphatic heterocycles. The van der Waals surface area contributed by atoms with E-state index in [-0.39, 0.29) is 10.5 Å². The van der Waals surface area contributed by atoms with Crippen molar-refractivity contribution in [3.63, 3.8) is 0 Å². The molecule has 0 fully saturated rings. The van der Waals surface area contributed by atoms with Gasteiger partial charge in [-0.05, 0) is 48.4 Å². The number of alkyl halides is 3. The molecule has 2 aromatic heterocycles. The lowest BCUT2D eigenvalue weighted by Gasteiger charge is -2.18. The van der Waals surface area contributed by atoms with Crippen LogP contribution in [0.4, 0.5) is 23.4 Å². The molecule has 0 aliphatic carbocycles. The second kappa shape index (κ2) is 8.53. The van der Waals surface area contributed by atoms with Gasteiger partial charge in [0, 0.05) is 17.0 Å². The minimum absolute atomic E-state index is 0.193. The topological polar surface area (TPSA) is 74.0 Å². The van der Waals surface area contributed by atoms with Gasteiger partial charge in [0.2, 0.25) is 0 Å². The van der Waals surface area contributed by atoms with Gasteiger partial charge in [0.25, 0.3) is 5.69 Å². The molecule has 1 atom stereocenters. The van der Waals surface area contributed by atoms with Gasteiger partial charge in [-0.15, -0.1) is 0 Å². The van der Waals surface area contributed by atoms with Crippen LogP contribution >= 0.6 is 0 Å². The molecule has 0 amide bonds. The Labute approximate surface area is 186 Å². The van der Waals surface area contributed by atoms with Crippen molar-refractivity contribution < 1.29 is 27.0 Å². The molecule has 0 saturated carbocycles. The van der Waals surface area contributed by atoms with Gasteiger partial charge in [-0.1, -0.05) is 12.1 Å². The van der Waals surface area contributed by atoms with Gasteiger partial charge in [-0.25, -0.2) is 14.4 Å². The van der Waals surface area contributed by atoms with Crippen LogP contribution in [-0.4, -0.2) is 17.1 Å². The van der Waals surface area contributed by atoms with Crippen molar-refractivity contribution in [2.75, 3.05) is 12.4 Å². The molecule has 0 saturated heterocycles. The number of rotatable bonds is 5. The maximum absolute atomic E-state index is 13.3. The monoisotopic (exact) mass is 458 g/mol. The van der Waals surface area contributed by atoms with Crippen molar-refractivity contribution in [3.05, 3.63) is 83.3 Å². The Morgan fingerprint density at radius 2 is 1.76 bits per heavy atom. The van der Waals surface area contributed by atoms with E-state index in [1.54, 1.807) is 31.2 Å². The van der Waals surface area contributed by atoms with Gasteiger partial charge in [-0.2, -0.15) is 17.9 Å². The summed E-state index contributed by atoms with van der Waals surface area (Å²) in [5, 5.41) is 15.6. The quantitative estimate of drug-likeness (QED) is 0.251. The molecule has 0 aliphatic rings. The smallest absolute Gasteiger partial charge is 0.478 e. The number of nitrogens with zero attached hydrogens (tertiary/aromatic N) is 3. The SMILES string of the molecule is COc1cc(-c2ccc(F)cc2)cc2c(N[C@H](C)c3ccc(C(F)(F)F)[n+]([O-])c3)ncnc12.